The lowest BCUT2D eigenvalue weighted by molar-refractivity contribution is -0.126. The van der Waals surface area contributed by atoms with Crippen LogP contribution in [0.4, 0.5) is 5.69 Å². The first kappa shape index (κ1) is 31.7. The quantitative estimate of drug-likeness (QED) is 0.127. The average molecular weight is 625 g/mol. The second kappa shape index (κ2) is 14.4. The standard InChI is InChI=1S/C34H43ClN3O4S/c1-25-30-9-5-6-10-33(30)43-38(2,34(25)39)31-23-27(35)11-12-32(31)42-20-8-7-14-36-16-18-37(19-17-36)15-13-26-21-28(40-3)24-29(22-26)41-4/h5-6,9-12,21-25H,7-8,13-20H2,1-4H3/q+1. The summed E-state index contributed by atoms with van der Waals surface area (Å²) >= 11 is 7.98. The number of carbonyl (C=O) groups excluding carboxylic acids is 1. The number of likely N-dealkylation sites (N-methyl/N-ethyl adjacent to an activating group) is 1. The number of carbonyl (C=O) groups is 1. The summed E-state index contributed by atoms with van der Waals surface area (Å²) in [5.41, 5.74) is 3.12. The van der Waals surface area contributed by atoms with Crippen LogP contribution in [0.2, 0.25) is 5.02 Å². The highest BCUT2D eigenvalue weighted by Gasteiger charge is 2.48. The number of benzene rings is 3. The molecule has 2 aliphatic heterocycles. The van der Waals surface area contributed by atoms with Crippen molar-refractivity contribution in [3.8, 4) is 17.2 Å². The molecule has 1 saturated heterocycles. The molecule has 0 spiro atoms. The zero-order valence-corrected chi connectivity index (χ0v) is 27.3. The van der Waals surface area contributed by atoms with Crippen molar-refractivity contribution in [2.24, 2.45) is 0 Å². The normalized spacial score (nSPS) is 21.0. The van der Waals surface area contributed by atoms with E-state index in [1.54, 1.807) is 26.2 Å². The lowest BCUT2D eigenvalue weighted by Gasteiger charge is -2.36. The zero-order valence-electron chi connectivity index (χ0n) is 25.7. The van der Waals surface area contributed by atoms with Gasteiger partial charge in [0.2, 0.25) is 0 Å². The fourth-order valence-electron chi connectivity index (χ4n) is 5.93. The van der Waals surface area contributed by atoms with E-state index in [1.807, 2.05) is 56.4 Å². The zero-order chi connectivity index (χ0) is 30.4. The molecule has 230 valence electrons. The summed E-state index contributed by atoms with van der Waals surface area (Å²) in [6.45, 7) is 9.00. The van der Waals surface area contributed by atoms with Crippen LogP contribution < -0.4 is 18.1 Å². The summed E-state index contributed by atoms with van der Waals surface area (Å²) in [7, 11) is 5.33. The van der Waals surface area contributed by atoms with Crippen molar-refractivity contribution >= 4 is 35.1 Å². The second-order valence-electron chi connectivity index (χ2n) is 11.4. The molecule has 2 heterocycles. The third-order valence-electron chi connectivity index (χ3n) is 8.56. The van der Waals surface area contributed by atoms with Crippen LogP contribution >= 0.6 is 23.5 Å². The number of piperazine rings is 1. The Morgan fingerprint density at radius 3 is 2.28 bits per heavy atom. The minimum atomic E-state index is -0.208. The summed E-state index contributed by atoms with van der Waals surface area (Å²) in [5.74, 6) is 2.32. The minimum Gasteiger partial charge on any atom is -0.497 e. The number of hydrogen-bond acceptors (Lipinski definition) is 7. The highest BCUT2D eigenvalue weighted by molar-refractivity contribution is 7.99. The van der Waals surface area contributed by atoms with Gasteiger partial charge in [-0.1, -0.05) is 29.8 Å². The average Bonchev–Trinajstić information content (AvgIpc) is 3.03. The monoisotopic (exact) mass is 624 g/mol. The maximum atomic E-state index is 13.6. The van der Waals surface area contributed by atoms with E-state index in [1.165, 1.54) is 5.56 Å². The van der Waals surface area contributed by atoms with Crippen molar-refractivity contribution in [3.63, 3.8) is 0 Å². The summed E-state index contributed by atoms with van der Waals surface area (Å²) in [5, 5.41) is 0.601. The lowest BCUT2D eigenvalue weighted by Crippen LogP contribution is -2.48. The molecule has 7 nitrogen and oxygen atoms in total. The van der Waals surface area contributed by atoms with Gasteiger partial charge in [-0.15, -0.1) is 0 Å². The highest BCUT2D eigenvalue weighted by atomic mass is 35.5. The predicted molar refractivity (Wildman–Crippen MR) is 176 cm³/mol. The van der Waals surface area contributed by atoms with Gasteiger partial charge in [-0.3, -0.25) is 0 Å². The fraction of sp³-hybridized carbons (Fsp3) is 0.441. The largest absolute Gasteiger partial charge is 0.497 e. The van der Waals surface area contributed by atoms with Crippen LogP contribution in [-0.4, -0.2) is 82.8 Å². The van der Waals surface area contributed by atoms with E-state index in [9.17, 15) is 4.79 Å². The van der Waals surface area contributed by atoms with Gasteiger partial charge in [0, 0.05) is 49.9 Å². The Morgan fingerprint density at radius 1 is 0.907 bits per heavy atom. The third kappa shape index (κ3) is 7.49. The van der Waals surface area contributed by atoms with Gasteiger partial charge in [-0.25, -0.2) is 4.79 Å². The van der Waals surface area contributed by atoms with Crippen molar-refractivity contribution in [1.29, 1.82) is 0 Å². The minimum absolute atomic E-state index is 0.0731. The molecule has 9 heteroatoms. The van der Waals surface area contributed by atoms with Crippen molar-refractivity contribution in [2.45, 2.75) is 37.0 Å². The maximum absolute atomic E-state index is 13.6. The van der Waals surface area contributed by atoms with Gasteiger partial charge < -0.3 is 24.0 Å². The number of fused-ring (bicyclic) bond motifs is 1. The molecule has 0 bridgehead atoms. The molecule has 2 unspecified atom stereocenters. The van der Waals surface area contributed by atoms with E-state index < -0.39 is 0 Å². The van der Waals surface area contributed by atoms with Crippen LogP contribution in [-0.2, 0) is 11.2 Å². The number of quaternary nitrogens is 1. The van der Waals surface area contributed by atoms with E-state index in [0.29, 0.717) is 11.6 Å². The molecular weight excluding hydrogens is 582 g/mol. The number of rotatable bonds is 12. The predicted octanol–water partition coefficient (Wildman–Crippen LogP) is 6.66. The molecule has 5 rings (SSSR count). The van der Waals surface area contributed by atoms with Gasteiger partial charge in [0.15, 0.2) is 11.4 Å². The topological polar surface area (TPSA) is 51.2 Å². The van der Waals surface area contributed by atoms with E-state index in [4.69, 9.17) is 25.8 Å². The Labute approximate surface area is 265 Å². The number of halogens is 1. The molecule has 0 N–H and O–H groups in total. The van der Waals surface area contributed by atoms with Gasteiger partial charge in [-0.2, -0.15) is 3.89 Å². The number of ether oxygens (including phenoxy) is 3. The molecule has 3 aromatic carbocycles. The summed E-state index contributed by atoms with van der Waals surface area (Å²) in [6, 6.07) is 19.9. The first-order valence-corrected chi connectivity index (χ1v) is 16.2. The van der Waals surface area contributed by atoms with E-state index in [2.05, 4.69) is 28.0 Å². The van der Waals surface area contributed by atoms with Crippen molar-refractivity contribution in [2.75, 3.05) is 67.1 Å². The number of hydrogen-bond donors (Lipinski definition) is 0. The Hall–Kier alpha value is -2.75. The van der Waals surface area contributed by atoms with Gasteiger partial charge in [-0.05, 0) is 74.2 Å². The van der Waals surface area contributed by atoms with Crippen molar-refractivity contribution in [3.05, 3.63) is 76.8 Å². The van der Waals surface area contributed by atoms with Gasteiger partial charge >= 0.3 is 5.91 Å². The van der Waals surface area contributed by atoms with E-state index in [0.717, 1.165) is 91.9 Å². The van der Waals surface area contributed by atoms with Gasteiger partial charge in [0.05, 0.1) is 38.7 Å². The molecule has 1 amide bonds. The molecule has 43 heavy (non-hydrogen) atoms. The Kier molecular flexibility index (Phi) is 10.6. The smallest absolute Gasteiger partial charge is 0.337 e. The van der Waals surface area contributed by atoms with Crippen LogP contribution in [0.3, 0.4) is 0 Å². The third-order valence-corrected chi connectivity index (χ3v) is 10.1. The van der Waals surface area contributed by atoms with Gasteiger partial charge in [0.1, 0.15) is 23.4 Å². The molecule has 0 radical (unpaired) electrons. The molecule has 1 fully saturated rings. The molecule has 2 atom stereocenters. The lowest BCUT2D eigenvalue weighted by atomic mass is 9.99. The summed E-state index contributed by atoms with van der Waals surface area (Å²) < 4.78 is 17.2. The first-order chi connectivity index (χ1) is 20.8. The van der Waals surface area contributed by atoms with Crippen molar-refractivity contribution < 1.29 is 19.0 Å². The Morgan fingerprint density at radius 2 is 1.58 bits per heavy atom. The molecule has 0 aromatic heterocycles. The Bertz CT molecular complexity index is 1390. The van der Waals surface area contributed by atoms with E-state index in [-0.39, 0.29) is 15.7 Å². The maximum Gasteiger partial charge on any atom is 0.337 e. The molecule has 0 aliphatic carbocycles. The summed E-state index contributed by atoms with van der Waals surface area (Å²) in [4.78, 5) is 19.8. The van der Waals surface area contributed by atoms with Crippen LogP contribution in [0.5, 0.6) is 17.2 Å². The molecular formula is C34H43ClN3O4S+. The fourth-order valence-corrected chi connectivity index (χ4v) is 7.47. The SMILES string of the molecule is COc1cc(CCN2CCN(CCCCOc3ccc(Cl)cc3[N+]3(C)Sc4ccccc4C(C)C3=O)CC2)cc(OC)c1. The highest BCUT2D eigenvalue weighted by Crippen LogP contribution is 2.49. The van der Waals surface area contributed by atoms with Crippen LogP contribution in [0, 0.1) is 0 Å². The molecule has 2 aliphatic rings. The number of methoxy groups -OCH3 is 2. The van der Waals surface area contributed by atoms with Crippen LogP contribution in [0.15, 0.2) is 65.6 Å². The van der Waals surface area contributed by atoms with Crippen LogP contribution in [0.1, 0.15) is 36.8 Å². The Balaban J connectivity index is 1.08. The number of amides is 1. The number of unbranched alkanes of at least 4 members (excludes halogenated alkanes) is 1. The molecule has 3 aromatic rings. The van der Waals surface area contributed by atoms with Crippen LogP contribution in [0.25, 0.3) is 0 Å². The second-order valence-corrected chi connectivity index (χ2v) is 13.2. The number of nitrogens with zero attached hydrogens (tertiary/aromatic N) is 3. The molecule has 0 saturated carbocycles. The summed E-state index contributed by atoms with van der Waals surface area (Å²) in [6.07, 6.45) is 2.99. The first-order valence-electron chi connectivity index (χ1n) is 15.1. The van der Waals surface area contributed by atoms with Crippen molar-refractivity contribution in [1.82, 2.24) is 13.7 Å². The van der Waals surface area contributed by atoms with E-state index >= 15 is 0 Å². The van der Waals surface area contributed by atoms with Gasteiger partial charge in [0.25, 0.3) is 0 Å².